The first-order valence-corrected chi connectivity index (χ1v) is 7.26. The average molecular weight is 295 g/mol. The number of anilines is 1. The highest BCUT2D eigenvalue weighted by Gasteiger charge is 2.48. The molecule has 3 atom stereocenters. The molecule has 5 heteroatoms. The SMILES string of the molecule is CCC(C)NC(=O)C1CC1C(=O)Nc1ccccc1Cl. The van der Waals surface area contributed by atoms with E-state index in [0.717, 1.165) is 6.42 Å². The molecule has 2 amide bonds. The zero-order valence-electron chi connectivity index (χ0n) is 11.7. The van der Waals surface area contributed by atoms with Crippen LogP contribution in [0.15, 0.2) is 24.3 Å². The molecule has 4 nitrogen and oxygen atoms in total. The van der Waals surface area contributed by atoms with Gasteiger partial charge in [-0.1, -0.05) is 30.7 Å². The molecule has 20 heavy (non-hydrogen) atoms. The van der Waals surface area contributed by atoms with Crippen LogP contribution in [0.1, 0.15) is 26.7 Å². The summed E-state index contributed by atoms with van der Waals surface area (Å²) >= 11 is 5.99. The Morgan fingerprint density at radius 2 is 1.95 bits per heavy atom. The Morgan fingerprint density at radius 1 is 1.30 bits per heavy atom. The second-order valence-electron chi connectivity index (χ2n) is 5.24. The third-order valence-corrected chi connectivity index (χ3v) is 3.93. The number of halogens is 1. The molecule has 0 heterocycles. The van der Waals surface area contributed by atoms with Gasteiger partial charge in [0.25, 0.3) is 0 Å². The number of hydrogen-bond donors (Lipinski definition) is 2. The zero-order valence-corrected chi connectivity index (χ0v) is 12.4. The van der Waals surface area contributed by atoms with Crippen LogP contribution < -0.4 is 10.6 Å². The number of carbonyl (C=O) groups excluding carboxylic acids is 2. The molecular weight excluding hydrogens is 276 g/mol. The van der Waals surface area contributed by atoms with Crippen LogP contribution in [0, 0.1) is 11.8 Å². The fourth-order valence-corrected chi connectivity index (χ4v) is 2.20. The van der Waals surface area contributed by atoms with E-state index in [2.05, 4.69) is 10.6 Å². The summed E-state index contributed by atoms with van der Waals surface area (Å²) in [5.74, 6) is -0.608. The number of amides is 2. The first kappa shape index (κ1) is 14.9. The maximum absolute atomic E-state index is 12.0. The highest BCUT2D eigenvalue weighted by molar-refractivity contribution is 6.33. The smallest absolute Gasteiger partial charge is 0.228 e. The van der Waals surface area contributed by atoms with Gasteiger partial charge in [0.1, 0.15) is 0 Å². The van der Waals surface area contributed by atoms with Crippen LogP contribution in [-0.2, 0) is 9.59 Å². The summed E-state index contributed by atoms with van der Waals surface area (Å²) in [6.45, 7) is 3.97. The summed E-state index contributed by atoms with van der Waals surface area (Å²) in [6, 6.07) is 7.22. The Kier molecular flexibility index (Phi) is 4.65. The molecule has 0 saturated heterocycles. The average Bonchev–Trinajstić information content (AvgIpc) is 3.21. The molecule has 0 bridgehead atoms. The van der Waals surface area contributed by atoms with E-state index in [-0.39, 0.29) is 29.7 Å². The minimum Gasteiger partial charge on any atom is -0.353 e. The van der Waals surface area contributed by atoms with E-state index in [9.17, 15) is 9.59 Å². The lowest BCUT2D eigenvalue weighted by molar-refractivity contribution is -0.125. The lowest BCUT2D eigenvalue weighted by atomic mass is 10.2. The van der Waals surface area contributed by atoms with Gasteiger partial charge >= 0.3 is 0 Å². The van der Waals surface area contributed by atoms with Crippen molar-refractivity contribution >= 4 is 29.1 Å². The Labute approximate surface area is 123 Å². The second-order valence-corrected chi connectivity index (χ2v) is 5.64. The predicted octanol–water partition coefficient (Wildman–Crippen LogP) is 2.83. The molecule has 1 fully saturated rings. The van der Waals surface area contributed by atoms with Crippen molar-refractivity contribution in [3.8, 4) is 0 Å². The molecule has 0 radical (unpaired) electrons. The number of rotatable bonds is 5. The number of carbonyl (C=O) groups is 2. The van der Waals surface area contributed by atoms with Gasteiger partial charge in [0.05, 0.1) is 22.5 Å². The number of hydrogen-bond acceptors (Lipinski definition) is 2. The second kappa shape index (κ2) is 6.27. The number of nitrogens with one attached hydrogen (secondary N) is 2. The van der Waals surface area contributed by atoms with Crippen molar-refractivity contribution in [3.05, 3.63) is 29.3 Å². The van der Waals surface area contributed by atoms with Crippen molar-refractivity contribution < 1.29 is 9.59 Å². The van der Waals surface area contributed by atoms with Crippen LogP contribution in [0.5, 0.6) is 0 Å². The monoisotopic (exact) mass is 294 g/mol. The van der Waals surface area contributed by atoms with Crippen molar-refractivity contribution in [2.24, 2.45) is 11.8 Å². The maximum Gasteiger partial charge on any atom is 0.228 e. The third kappa shape index (κ3) is 3.51. The molecule has 0 spiro atoms. The lowest BCUT2D eigenvalue weighted by Crippen LogP contribution is -2.34. The first-order valence-electron chi connectivity index (χ1n) is 6.88. The number of benzene rings is 1. The van der Waals surface area contributed by atoms with Gasteiger partial charge in [-0.15, -0.1) is 0 Å². The topological polar surface area (TPSA) is 58.2 Å². The van der Waals surface area contributed by atoms with E-state index in [1.807, 2.05) is 19.9 Å². The normalized spacial score (nSPS) is 21.9. The van der Waals surface area contributed by atoms with E-state index >= 15 is 0 Å². The Bertz CT molecular complexity index is 518. The largest absolute Gasteiger partial charge is 0.353 e. The molecular formula is C15H19ClN2O2. The summed E-state index contributed by atoms with van der Waals surface area (Å²) in [7, 11) is 0. The standard InChI is InChI=1S/C15H19ClN2O2/c1-3-9(2)17-14(19)10-8-11(10)15(20)18-13-7-5-4-6-12(13)16/h4-7,9-11H,3,8H2,1-2H3,(H,17,19)(H,18,20). The van der Waals surface area contributed by atoms with Crippen molar-refractivity contribution in [2.45, 2.75) is 32.7 Å². The molecule has 108 valence electrons. The zero-order chi connectivity index (χ0) is 14.7. The Hall–Kier alpha value is -1.55. The molecule has 3 unspecified atom stereocenters. The van der Waals surface area contributed by atoms with Gasteiger partial charge < -0.3 is 10.6 Å². The summed E-state index contributed by atoms with van der Waals surface area (Å²) in [4.78, 5) is 23.9. The van der Waals surface area contributed by atoms with Gasteiger partial charge in [-0.2, -0.15) is 0 Å². The van der Waals surface area contributed by atoms with Crippen LogP contribution in [0.4, 0.5) is 5.69 Å². The lowest BCUT2D eigenvalue weighted by Gasteiger charge is -2.11. The van der Waals surface area contributed by atoms with Crippen LogP contribution >= 0.6 is 11.6 Å². The predicted molar refractivity (Wildman–Crippen MR) is 79.6 cm³/mol. The highest BCUT2D eigenvalue weighted by Crippen LogP contribution is 2.40. The summed E-state index contributed by atoms with van der Waals surface area (Å²) in [5, 5.41) is 6.18. The van der Waals surface area contributed by atoms with Crippen molar-refractivity contribution in [1.29, 1.82) is 0 Å². The Balaban J connectivity index is 1.87. The molecule has 2 rings (SSSR count). The van der Waals surface area contributed by atoms with E-state index < -0.39 is 0 Å². The van der Waals surface area contributed by atoms with Gasteiger partial charge in [0, 0.05) is 6.04 Å². The van der Waals surface area contributed by atoms with Gasteiger partial charge in [0.2, 0.25) is 11.8 Å². The highest BCUT2D eigenvalue weighted by atomic mass is 35.5. The number of para-hydroxylation sites is 1. The van der Waals surface area contributed by atoms with Crippen LogP contribution in [0.3, 0.4) is 0 Å². The summed E-state index contributed by atoms with van der Waals surface area (Å²) < 4.78 is 0. The molecule has 0 aromatic heterocycles. The van der Waals surface area contributed by atoms with E-state index in [1.165, 1.54) is 0 Å². The van der Waals surface area contributed by atoms with Crippen LogP contribution in [0.25, 0.3) is 0 Å². The maximum atomic E-state index is 12.0. The van der Waals surface area contributed by atoms with Crippen molar-refractivity contribution in [1.82, 2.24) is 5.32 Å². The van der Waals surface area contributed by atoms with Gasteiger partial charge in [0.15, 0.2) is 0 Å². The fourth-order valence-electron chi connectivity index (χ4n) is 2.01. The minimum absolute atomic E-state index is 0.0290. The molecule has 0 aliphatic heterocycles. The molecule has 2 N–H and O–H groups in total. The van der Waals surface area contributed by atoms with Crippen molar-refractivity contribution in [3.63, 3.8) is 0 Å². The van der Waals surface area contributed by atoms with Crippen molar-refractivity contribution in [2.75, 3.05) is 5.32 Å². The van der Waals surface area contributed by atoms with Gasteiger partial charge in [-0.25, -0.2) is 0 Å². The van der Waals surface area contributed by atoms with E-state index in [1.54, 1.807) is 18.2 Å². The van der Waals surface area contributed by atoms with Crippen LogP contribution in [-0.4, -0.2) is 17.9 Å². The molecule has 1 saturated carbocycles. The minimum atomic E-state index is -0.240. The quantitative estimate of drug-likeness (QED) is 0.877. The van der Waals surface area contributed by atoms with Crippen LogP contribution in [0.2, 0.25) is 5.02 Å². The summed E-state index contributed by atoms with van der Waals surface area (Å²) in [5.41, 5.74) is 0.590. The molecule has 1 aliphatic rings. The van der Waals surface area contributed by atoms with Gasteiger partial charge in [-0.05, 0) is 31.9 Å². The van der Waals surface area contributed by atoms with E-state index in [0.29, 0.717) is 17.1 Å². The first-order chi connectivity index (χ1) is 9.52. The Morgan fingerprint density at radius 3 is 2.60 bits per heavy atom. The molecule has 1 aromatic carbocycles. The summed E-state index contributed by atoms with van der Waals surface area (Å²) in [6.07, 6.45) is 1.49. The van der Waals surface area contributed by atoms with E-state index in [4.69, 9.17) is 11.6 Å². The molecule has 1 aliphatic carbocycles. The molecule has 1 aromatic rings. The fraction of sp³-hybridized carbons (Fsp3) is 0.467. The third-order valence-electron chi connectivity index (χ3n) is 3.60. The van der Waals surface area contributed by atoms with Gasteiger partial charge in [-0.3, -0.25) is 9.59 Å².